The van der Waals surface area contributed by atoms with Gasteiger partial charge < -0.3 is 5.73 Å². The Labute approximate surface area is 95.2 Å². The number of hydrogen-bond donors (Lipinski definition) is 2. The highest BCUT2D eigenvalue weighted by molar-refractivity contribution is 5.85. The van der Waals surface area contributed by atoms with E-state index in [1.54, 1.807) is 0 Å². The average Bonchev–Trinajstić information content (AvgIpc) is 2.27. The van der Waals surface area contributed by atoms with Gasteiger partial charge in [-0.2, -0.15) is 10.1 Å². The lowest BCUT2D eigenvalue weighted by molar-refractivity contribution is 0.665. The van der Waals surface area contributed by atoms with Crippen molar-refractivity contribution in [2.45, 2.75) is 39.0 Å². The number of nitrogen functional groups attached to an aromatic ring is 1. The molecule has 0 aliphatic heterocycles. The second kappa shape index (κ2) is 4.92. The first-order valence-corrected chi connectivity index (χ1v) is 5.66. The van der Waals surface area contributed by atoms with Crippen molar-refractivity contribution in [2.75, 3.05) is 11.2 Å². The summed E-state index contributed by atoms with van der Waals surface area (Å²) >= 11 is 0. The van der Waals surface area contributed by atoms with E-state index in [1.807, 2.05) is 13.0 Å². The van der Waals surface area contributed by atoms with Crippen molar-refractivity contribution in [1.29, 1.82) is 0 Å². The molecule has 0 saturated heterocycles. The van der Waals surface area contributed by atoms with Crippen molar-refractivity contribution in [3.8, 4) is 0 Å². The van der Waals surface area contributed by atoms with Gasteiger partial charge in [0.25, 0.3) is 0 Å². The Morgan fingerprint density at radius 1 is 1.25 bits per heavy atom. The molecule has 0 spiro atoms. The highest BCUT2D eigenvalue weighted by Gasteiger charge is 2.06. The fourth-order valence-corrected chi connectivity index (χ4v) is 1.86. The lowest BCUT2D eigenvalue weighted by atomic mass is 9.99. The summed E-state index contributed by atoms with van der Waals surface area (Å²) in [5, 5.41) is 4.36. The number of hydrogen-bond acceptors (Lipinski definition) is 5. The van der Waals surface area contributed by atoms with E-state index >= 15 is 0 Å². The van der Waals surface area contributed by atoms with Gasteiger partial charge in [0.2, 0.25) is 5.95 Å². The van der Waals surface area contributed by atoms with Crippen molar-refractivity contribution in [2.24, 2.45) is 5.10 Å². The third-order valence-electron chi connectivity index (χ3n) is 2.63. The molecule has 5 nitrogen and oxygen atoms in total. The summed E-state index contributed by atoms with van der Waals surface area (Å²) in [5.41, 5.74) is 10.6. The number of nitrogens with zero attached hydrogens (tertiary/aromatic N) is 3. The number of nitrogens with one attached hydrogen (secondary N) is 1. The largest absolute Gasteiger partial charge is 0.368 e. The van der Waals surface area contributed by atoms with Crippen LogP contribution in [0, 0.1) is 6.92 Å². The SMILES string of the molecule is Cc1cc(NN=C2CCCCC2)nc(N)n1. The van der Waals surface area contributed by atoms with E-state index in [-0.39, 0.29) is 5.95 Å². The first kappa shape index (κ1) is 10.9. The van der Waals surface area contributed by atoms with Crippen LogP contribution in [0.15, 0.2) is 11.2 Å². The zero-order valence-electron chi connectivity index (χ0n) is 9.53. The van der Waals surface area contributed by atoms with E-state index in [0.717, 1.165) is 18.5 Å². The monoisotopic (exact) mass is 219 g/mol. The number of anilines is 2. The quantitative estimate of drug-likeness (QED) is 0.747. The van der Waals surface area contributed by atoms with Gasteiger partial charge in [-0.1, -0.05) is 6.42 Å². The molecule has 86 valence electrons. The molecule has 3 N–H and O–H groups in total. The number of aryl methyl sites for hydroxylation is 1. The second-order valence-corrected chi connectivity index (χ2v) is 4.10. The van der Waals surface area contributed by atoms with Gasteiger partial charge in [-0.25, -0.2) is 4.98 Å². The van der Waals surface area contributed by atoms with Crippen LogP contribution in [0.3, 0.4) is 0 Å². The van der Waals surface area contributed by atoms with Gasteiger partial charge in [-0.15, -0.1) is 0 Å². The Morgan fingerprint density at radius 3 is 2.69 bits per heavy atom. The molecule has 0 unspecified atom stereocenters. The first-order valence-electron chi connectivity index (χ1n) is 5.66. The predicted molar refractivity (Wildman–Crippen MR) is 65.3 cm³/mol. The number of aromatic nitrogens is 2. The van der Waals surface area contributed by atoms with E-state index in [0.29, 0.717) is 5.82 Å². The predicted octanol–water partition coefficient (Wildman–Crippen LogP) is 2.10. The van der Waals surface area contributed by atoms with Gasteiger partial charge in [-0.3, -0.25) is 5.43 Å². The molecule has 0 bridgehead atoms. The van der Waals surface area contributed by atoms with Gasteiger partial charge in [0.15, 0.2) is 5.82 Å². The average molecular weight is 219 g/mol. The maximum atomic E-state index is 5.56. The summed E-state index contributed by atoms with van der Waals surface area (Å²) < 4.78 is 0. The van der Waals surface area contributed by atoms with Crippen molar-refractivity contribution in [3.05, 3.63) is 11.8 Å². The number of rotatable bonds is 2. The molecule has 1 saturated carbocycles. The highest BCUT2D eigenvalue weighted by Crippen LogP contribution is 2.15. The molecule has 5 heteroatoms. The Hall–Kier alpha value is -1.65. The van der Waals surface area contributed by atoms with Crippen LogP contribution in [0.25, 0.3) is 0 Å². The minimum atomic E-state index is 0.284. The fraction of sp³-hybridized carbons (Fsp3) is 0.545. The maximum Gasteiger partial charge on any atom is 0.222 e. The molecule has 1 heterocycles. The molecular formula is C11H17N5. The molecule has 2 rings (SSSR count). The Kier molecular flexibility index (Phi) is 3.34. The Bertz CT molecular complexity index is 371. The molecular weight excluding hydrogens is 202 g/mol. The van der Waals surface area contributed by atoms with E-state index < -0.39 is 0 Å². The topological polar surface area (TPSA) is 76.2 Å². The van der Waals surface area contributed by atoms with E-state index in [2.05, 4.69) is 20.5 Å². The molecule has 1 aliphatic carbocycles. The van der Waals surface area contributed by atoms with Gasteiger partial charge in [0.05, 0.1) is 0 Å². The van der Waals surface area contributed by atoms with Crippen molar-refractivity contribution in [3.63, 3.8) is 0 Å². The van der Waals surface area contributed by atoms with Crippen LogP contribution >= 0.6 is 0 Å². The summed E-state index contributed by atoms with van der Waals surface area (Å²) in [5.74, 6) is 0.953. The minimum absolute atomic E-state index is 0.284. The molecule has 16 heavy (non-hydrogen) atoms. The van der Waals surface area contributed by atoms with Crippen molar-refractivity contribution in [1.82, 2.24) is 9.97 Å². The first-order chi connectivity index (χ1) is 7.74. The van der Waals surface area contributed by atoms with Crippen LogP contribution in [-0.4, -0.2) is 15.7 Å². The van der Waals surface area contributed by atoms with Crippen LogP contribution < -0.4 is 11.2 Å². The molecule has 0 amide bonds. The van der Waals surface area contributed by atoms with Crippen molar-refractivity contribution < 1.29 is 0 Å². The summed E-state index contributed by atoms with van der Waals surface area (Å²) in [6.07, 6.45) is 5.98. The van der Waals surface area contributed by atoms with Crippen LogP contribution in [-0.2, 0) is 0 Å². The smallest absolute Gasteiger partial charge is 0.222 e. The number of nitrogens with two attached hydrogens (primary N) is 1. The lowest BCUT2D eigenvalue weighted by Crippen LogP contribution is -2.08. The lowest BCUT2D eigenvalue weighted by Gasteiger charge is -2.12. The van der Waals surface area contributed by atoms with E-state index in [4.69, 9.17) is 5.73 Å². The minimum Gasteiger partial charge on any atom is -0.368 e. The molecule has 1 aliphatic rings. The van der Waals surface area contributed by atoms with Crippen LogP contribution in [0.4, 0.5) is 11.8 Å². The summed E-state index contributed by atoms with van der Waals surface area (Å²) in [6.45, 7) is 1.89. The molecule has 0 radical (unpaired) electrons. The molecule has 0 atom stereocenters. The standard InChI is InChI=1S/C11H17N5/c1-8-7-10(14-11(12)13-8)16-15-9-5-3-2-4-6-9/h7H,2-6H2,1H3,(H3,12,13,14,16). The van der Waals surface area contributed by atoms with Gasteiger partial charge in [-0.05, 0) is 32.6 Å². The normalized spacial score (nSPS) is 15.9. The van der Waals surface area contributed by atoms with Crippen LogP contribution in [0.2, 0.25) is 0 Å². The fourth-order valence-electron chi connectivity index (χ4n) is 1.86. The zero-order chi connectivity index (χ0) is 11.4. The van der Waals surface area contributed by atoms with Gasteiger partial charge >= 0.3 is 0 Å². The van der Waals surface area contributed by atoms with Gasteiger partial charge in [0, 0.05) is 17.5 Å². The molecule has 1 aromatic rings. The zero-order valence-corrected chi connectivity index (χ0v) is 9.53. The summed E-state index contributed by atoms with van der Waals surface area (Å²) in [4.78, 5) is 8.07. The third-order valence-corrected chi connectivity index (χ3v) is 2.63. The maximum absolute atomic E-state index is 5.56. The third kappa shape index (κ3) is 2.92. The number of hydrazone groups is 1. The Morgan fingerprint density at radius 2 is 2.00 bits per heavy atom. The Balaban J connectivity index is 2.03. The van der Waals surface area contributed by atoms with Crippen LogP contribution in [0.5, 0.6) is 0 Å². The summed E-state index contributed by atoms with van der Waals surface area (Å²) in [6, 6.07) is 1.84. The van der Waals surface area contributed by atoms with E-state index in [1.165, 1.54) is 25.0 Å². The molecule has 1 aromatic heterocycles. The summed E-state index contributed by atoms with van der Waals surface area (Å²) in [7, 11) is 0. The second-order valence-electron chi connectivity index (χ2n) is 4.10. The van der Waals surface area contributed by atoms with Gasteiger partial charge in [0.1, 0.15) is 0 Å². The van der Waals surface area contributed by atoms with Crippen molar-refractivity contribution >= 4 is 17.5 Å². The highest BCUT2D eigenvalue weighted by atomic mass is 15.3. The van der Waals surface area contributed by atoms with Crippen LogP contribution in [0.1, 0.15) is 37.8 Å². The van der Waals surface area contributed by atoms with E-state index in [9.17, 15) is 0 Å². The molecule has 0 aromatic carbocycles. The molecule has 1 fully saturated rings.